The van der Waals surface area contributed by atoms with Crippen molar-refractivity contribution in [3.63, 3.8) is 0 Å². The van der Waals surface area contributed by atoms with Crippen LogP contribution >= 0.6 is 0 Å². The Balaban J connectivity index is 2.39. The van der Waals surface area contributed by atoms with Crippen LogP contribution in [0.2, 0.25) is 0 Å². The van der Waals surface area contributed by atoms with Crippen LogP contribution in [0, 0.1) is 0 Å². The number of rotatable bonds is 1. The highest BCUT2D eigenvalue weighted by Crippen LogP contribution is 2.37. The molecule has 2 aromatic carbocycles. The van der Waals surface area contributed by atoms with Crippen molar-refractivity contribution in [2.24, 2.45) is 0 Å². The van der Waals surface area contributed by atoms with Crippen LogP contribution in [0.3, 0.4) is 0 Å². The van der Waals surface area contributed by atoms with Gasteiger partial charge in [0, 0.05) is 0 Å². The molecule has 0 unspecified atom stereocenters. The summed E-state index contributed by atoms with van der Waals surface area (Å²) in [5, 5.41) is 38.6. The highest BCUT2D eigenvalue weighted by atomic mass is 16.4. The maximum Gasteiger partial charge on any atom is 0.235 e. The molecule has 0 spiro atoms. The number of benzene rings is 2. The van der Waals surface area contributed by atoms with E-state index in [4.69, 9.17) is 4.42 Å². The minimum absolute atomic E-state index is 0.0101. The molecule has 4 N–H and O–H groups in total. The second kappa shape index (κ2) is 4.45. The summed E-state index contributed by atoms with van der Waals surface area (Å²) in [6, 6.07) is 7.51. The fraction of sp³-hybridized carbons (Fsp3) is 0. The average molecular weight is 286 g/mol. The summed E-state index contributed by atoms with van der Waals surface area (Å²) in [5.41, 5.74) is -0.627. The first kappa shape index (κ1) is 12.9. The van der Waals surface area contributed by atoms with Crippen molar-refractivity contribution in [2.45, 2.75) is 0 Å². The monoisotopic (exact) mass is 286 g/mol. The van der Waals surface area contributed by atoms with Gasteiger partial charge in [0.2, 0.25) is 11.2 Å². The van der Waals surface area contributed by atoms with Crippen molar-refractivity contribution in [1.29, 1.82) is 0 Å². The van der Waals surface area contributed by atoms with Gasteiger partial charge in [-0.25, -0.2) is 0 Å². The summed E-state index contributed by atoms with van der Waals surface area (Å²) in [4.78, 5) is 12.1. The molecule has 0 aliphatic rings. The van der Waals surface area contributed by atoms with E-state index >= 15 is 0 Å². The van der Waals surface area contributed by atoms with Gasteiger partial charge < -0.3 is 24.8 Å². The summed E-state index contributed by atoms with van der Waals surface area (Å²) >= 11 is 0. The number of phenolic OH excluding ortho intramolecular Hbond substituents is 3. The van der Waals surface area contributed by atoms with Crippen LogP contribution < -0.4 is 5.43 Å². The first-order chi connectivity index (χ1) is 9.97. The first-order valence-electron chi connectivity index (χ1n) is 5.98. The third kappa shape index (κ3) is 2.02. The van der Waals surface area contributed by atoms with E-state index in [9.17, 15) is 25.2 Å². The Hall–Kier alpha value is -3.15. The van der Waals surface area contributed by atoms with E-state index < -0.39 is 11.2 Å². The molecule has 1 aromatic heterocycles. The van der Waals surface area contributed by atoms with Crippen molar-refractivity contribution >= 4 is 11.0 Å². The van der Waals surface area contributed by atoms with E-state index in [1.165, 1.54) is 36.4 Å². The van der Waals surface area contributed by atoms with Gasteiger partial charge in [0.05, 0.1) is 10.9 Å². The smallest absolute Gasteiger partial charge is 0.235 e. The maximum absolute atomic E-state index is 12.1. The normalized spacial score (nSPS) is 10.9. The fourth-order valence-electron chi connectivity index (χ4n) is 2.06. The Morgan fingerprint density at radius 2 is 1.52 bits per heavy atom. The van der Waals surface area contributed by atoms with Crippen LogP contribution in [0.15, 0.2) is 45.6 Å². The van der Waals surface area contributed by atoms with Crippen molar-refractivity contribution in [1.82, 2.24) is 0 Å². The number of hydrogen-bond donors (Lipinski definition) is 4. The Kier molecular flexibility index (Phi) is 2.72. The molecule has 0 aliphatic carbocycles. The summed E-state index contributed by atoms with van der Waals surface area (Å²) in [5.74, 6) is -1.53. The number of phenols is 3. The Labute approximate surface area is 117 Å². The van der Waals surface area contributed by atoms with Gasteiger partial charge in [-0.1, -0.05) is 0 Å². The molecule has 6 nitrogen and oxygen atoms in total. The van der Waals surface area contributed by atoms with E-state index in [1.807, 2.05) is 0 Å². The molecule has 0 atom stereocenters. The lowest BCUT2D eigenvalue weighted by atomic mass is 10.1. The van der Waals surface area contributed by atoms with Crippen molar-refractivity contribution in [2.75, 3.05) is 0 Å². The highest BCUT2D eigenvalue weighted by molar-refractivity contribution is 5.84. The molecule has 0 saturated carbocycles. The van der Waals surface area contributed by atoms with Crippen molar-refractivity contribution in [3.05, 3.63) is 46.6 Å². The molecular weight excluding hydrogens is 276 g/mol. The third-order valence-corrected chi connectivity index (χ3v) is 3.07. The Morgan fingerprint density at radius 3 is 2.29 bits per heavy atom. The third-order valence-electron chi connectivity index (χ3n) is 3.07. The van der Waals surface area contributed by atoms with Crippen LogP contribution in [0.1, 0.15) is 0 Å². The van der Waals surface area contributed by atoms with Crippen LogP contribution in [0.4, 0.5) is 0 Å². The summed E-state index contributed by atoms with van der Waals surface area (Å²) in [6.07, 6.45) is 0. The number of fused-ring (bicyclic) bond motifs is 1. The lowest BCUT2D eigenvalue weighted by Gasteiger charge is -2.08. The lowest BCUT2D eigenvalue weighted by molar-refractivity contribution is 0.440. The molecule has 0 bridgehead atoms. The van der Waals surface area contributed by atoms with Gasteiger partial charge in [0.15, 0.2) is 5.76 Å². The van der Waals surface area contributed by atoms with E-state index in [1.54, 1.807) is 0 Å². The van der Waals surface area contributed by atoms with Crippen LogP contribution in [0.25, 0.3) is 22.3 Å². The Morgan fingerprint density at radius 1 is 0.857 bits per heavy atom. The zero-order chi connectivity index (χ0) is 15.1. The fourth-order valence-corrected chi connectivity index (χ4v) is 2.06. The van der Waals surface area contributed by atoms with Gasteiger partial charge in [0.25, 0.3) is 0 Å². The predicted molar refractivity (Wildman–Crippen MR) is 74.6 cm³/mol. The second-order valence-electron chi connectivity index (χ2n) is 4.49. The minimum atomic E-state index is -0.745. The molecule has 106 valence electrons. The molecule has 0 radical (unpaired) electrons. The predicted octanol–water partition coefficient (Wildman–Crippen LogP) is 2.28. The van der Waals surface area contributed by atoms with E-state index in [-0.39, 0.29) is 39.5 Å². The topological polar surface area (TPSA) is 111 Å². The number of hydrogen-bond acceptors (Lipinski definition) is 6. The zero-order valence-corrected chi connectivity index (χ0v) is 10.6. The molecule has 0 aliphatic heterocycles. The molecule has 6 heteroatoms. The molecular formula is C15H10O6. The quantitative estimate of drug-likeness (QED) is 0.511. The molecule has 3 rings (SSSR count). The van der Waals surface area contributed by atoms with Gasteiger partial charge in [-0.05, 0) is 36.4 Å². The first-order valence-corrected chi connectivity index (χ1v) is 5.98. The lowest BCUT2D eigenvalue weighted by Crippen LogP contribution is -2.02. The van der Waals surface area contributed by atoms with Crippen LogP contribution in [-0.2, 0) is 0 Å². The van der Waals surface area contributed by atoms with Gasteiger partial charge in [-0.15, -0.1) is 0 Å². The average Bonchev–Trinajstić information content (AvgIpc) is 2.46. The highest BCUT2D eigenvalue weighted by Gasteiger charge is 2.18. The summed E-state index contributed by atoms with van der Waals surface area (Å²) in [6.45, 7) is 0. The molecule has 0 saturated heterocycles. The van der Waals surface area contributed by atoms with Gasteiger partial charge >= 0.3 is 0 Å². The van der Waals surface area contributed by atoms with Crippen molar-refractivity contribution in [3.8, 4) is 34.3 Å². The standard InChI is InChI=1S/C15H10O6/c16-7-1-3-11(18)9(5-7)15-14(20)13(19)10-6-8(17)2-4-12(10)21-15/h1-6,16-18,20H. The van der Waals surface area contributed by atoms with Crippen molar-refractivity contribution < 1.29 is 24.8 Å². The summed E-state index contributed by atoms with van der Waals surface area (Å²) in [7, 11) is 0. The van der Waals surface area contributed by atoms with E-state index in [2.05, 4.69) is 0 Å². The zero-order valence-electron chi connectivity index (χ0n) is 10.6. The SMILES string of the molecule is O=c1c(O)c(-c2cc(O)ccc2O)oc2ccc(O)cc12. The van der Waals surface area contributed by atoms with Gasteiger partial charge in [-0.2, -0.15) is 0 Å². The van der Waals surface area contributed by atoms with Gasteiger partial charge in [-0.3, -0.25) is 4.79 Å². The summed E-state index contributed by atoms with van der Waals surface area (Å²) < 4.78 is 5.42. The van der Waals surface area contributed by atoms with Gasteiger partial charge in [0.1, 0.15) is 22.8 Å². The van der Waals surface area contributed by atoms with Crippen LogP contribution in [0.5, 0.6) is 23.0 Å². The molecule has 21 heavy (non-hydrogen) atoms. The largest absolute Gasteiger partial charge is 0.508 e. The molecule has 0 fully saturated rings. The molecule has 0 amide bonds. The van der Waals surface area contributed by atoms with E-state index in [0.717, 1.165) is 0 Å². The number of aromatic hydroxyl groups is 4. The Bertz CT molecular complexity index is 910. The van der Waals surface area contributed by atoms with Crippen LogP contribution in [-0.4, -0.2) is 20.4 Å². The maximum atomic E-state index is 12.1. The second-order valence-corrected chi connectivity index (χ2v) is 4.49. The molecule has 1 heterocycles. The molecule has 3 aromatic rings. The minimum Gasteiger partial charge on any atom is -0.508 e. The van der Waals surface area contributed by atoms with E-state index in [0.29, 0.717) is 0 Å².